The van der Waals surface area contributed by atoms with Crippen LogP contribution in [0.4, 0.5) is 11.5 Å². The summed E-state index contributed by atoms with van der Waals surface area (Å²) in [6, 6.07) is 12.9. The number of methoxy groups -OCH3 is 1. The molecule has 0 aliphatic rings. The normalized spacial score (nSPS) is 10.9. The van der Waals surface area contributed by atoms with Crippen LogP contribution < -0.4 is 14.8 Å². The molecule has 0 saturated heterocycles. The Kier molecular flexibility index (Phi) is 5.55. The SMILES string of the molecule is COc1nccnc1NS(=O)(=O)c1ccc(NC(=O)c2ccc(C)cc2)cc1. The Labute approximate surface area is 162 Å². The topological polar surface area (TPSA) is 110 Å². The molecular formula is C19H18N4O4S. The number of anilines is 2. The van der Waals surface area contributed by atoms with Crippen LogP contribution in [0.2, 0.25) is 0 Å². The van der Waals surface area contributed by atoms with E-state index in [1.807, 2.05) is 19.1 Å². The van der Waals surface area contributed by atoms with E-state index in [-0.39, 0.29) is 22.5 Å². The fourth-order valence-corrected chi connectivity index (χ4v) is 3.36. The molecule has 0 aliphatic carbocycles. The Morgan fingerprint density at radius 2 is 1.61 bits per heavy atom. The van der Waals surface area contributed by atoms with Gasteiger partial charge in [0.15, 0.2) is 0 Å². The lowest BCUT2D eigenvalue weighted by molar-refractivity contribution is 0.102. The molecule has 9 heteroatoms. The molecule has 3 rings (SSSR count). The van der Waals surface area contributed by atoms with E-state index in [0.717, 1.165) is 5.56 Å². The van der Waals surface area contributed by atoms with Gasteiger partial charge in [-0.15, -0.1) is 0 Å². The summed E-state index contributed by atoms with van der Waals surface area (Å²) in [6.07, 6.45) is 2.74. The molecule has 8 nitrogen and oxygen atoms in total. The first-order valence-corrected chi connectivity index (χ1v) is 9.73. The summed E-state index contributed by atoms with van der Waals surface area (Å²) >= 11 is 0. The van der Waals surface area contributed by atoms with Crippen molar-refractivity contribution in [2.75, 3.05) is 17.1 Å². The first-order valence-electron chi connectivity index (χ1n) is 8.25. The molecule has 28 heavy (non-hydrogen) atoms. The van der Waals surface area contributed by atoms with Crippen LogP contribution in [0, 0.1) is 6.92 Å². The highest BCUT2D eigenvalue weighted by Gasteiger charge is 2.18. The number of hydrogen-bond acceptors (Lipinski definition) is 6. The number of ether oxygens (including phenoxy) is 1. The number of sulfonamides is 1. The zero-order valence-corrected chi connectivity index (χ0v) is 16.0. The van der Waals surface area contributed by atoms with Crippen LogP contribution >= 0.6 is 0 Å². The minimum atomic E-state index is -3.89. The molecule has 3 aromatic rings. The second-order valence-corrected chi connectivity index (χ2v) is 7.55. The Morgan fingerprint density at radius 3 is 2.25 bits per heavy atom. The lowest BCUT2D eigenvalue weighted by Crippen LogP contribution is -2.15. The van der Waals surface area contributed by atoms with Gasteiger partial charge >= 0.3 is 0 Å². The standard InChI is InChI=1S/C19H18N4O4S/c1-13-3-5-14(6-4-13)18(24)22-15-7-9-16(10-8-15)28(25,26)23-17-19(27-2)21-12-11-20-17/h3-12H,1-2H3,(H,20,23)(H,22,24). The molecular weight excluding hydrogens is 380 g/mol. The third kappa shape index (κ3) is 4.44. The third-order valence-electron chi connectivity index (χ3n) is 3.83. The average molecular weight is 398 g/mol. The maximum atomic E-state index is 12.5. The minimum absolute atomic E-state index is 0.00791. The summed E-state index contributed by atoms with van der Waals surface area (Å²) < 4.78 is 32.4. The molecule has 0 saturated carbocycles. The molecule has 0 aliphatic heterocycles. The summed E-state index contributed by atoms with van der Waals surface area (Å²) in [7, 11) is -2.52. The average Bonchev–Trinajstić information content (AvgIpc) is 2.69. The lowest BCUT2D eigenvalue weighted by atomic mass is 10.1. The van der Waals surface area contributed by atoms with E-state index >= 15 is 0 Å². The zero-order valence-electron chi connectivity index (χ0n) is 15.2. The van der Waals surface area contributed by atoms with E-state index in [2.05, 4.69) is 20.0 Å². The van der Waals surface area contributed by atoms with Gasteiger partial charge in [-0.3, -0.25) is 9.52 Å². The molecule has 0 spiro atoms. The number of hydrogen-bond donors (Lipinski definition) is 2. The molecule has 1 aromatic heterocycles. The van der Waals surface area contributed by atoms with Crippen molar-refractivity contribution in [2.45, 2.75) is 11.8 Å². The first kappa shape index (κ1) is 19.3. The van der Waals surface area contributed by atoms with Crippen LogP contribution in [0.1, 0.15) is 15.9 Å². The number of aromatic nitrogens is 2. The van der Waals surface area contributed by atoms with Crippen LogP contribution in [-0.4, -0.2) is 31.4 Å². The van der Waals surface area contributed by atoms with Gasteiger partial charge in [0, 0.05) is 23.6 Å². The molecule has 0 fully saturated rings. The second-order valence-electron chi connectivity index (χ2n) is 5.86. The van der Waals surface area contributed by atoms with Gasteiger partial charge < -0.3 is 10.1 Å². The van der Waals surface area contributed by atoms with Gasteiger partial charge in [0.25, 0.3) is 21.8 Å². The van der Waals surface area contributed by atoms with Gasteiger partial charge in [-0.25, -0.2) is 18.4 Å². The number of nitrogens with zero attached hydrogens (tertiary/aromatic N) is 2. The van der Waals surface area contributed by atoms with Crippen molar-refractivity contribution in [3.05, 3.63) is 72.1 Å². The summed E-state index contributed by atoms with van der Waals surface area (Å²) in [4.78, 5) is 20.1. The van der Waals surface area contributed by atoms with Crippen molar-refractivity contribution in [3.8, 4) is 5.88 Å². The maximum absolute atomic E-state index is 12.5. The van der Waals surface area contributed by atoms with Crippen LogP contribution in [0.5, 0.6) is 5.88 Å². The van der Waals surface area contributed by atoms with Gasteiger partial charge in [-0.05, 0) is 43.3 Å². The van der Waals surface area contributed by atoms with Crippen LogP contribution in [0.15, 0.2) is 65.8 Å². The lowest BCUT2D eigenvalue weighted by Gasteiger charge is -2.10. The van der Waals surface area contributed by atoms with Crippen molar-refractivity contribution in [2.24, 2.45) is 0 Å². The Bertz CT molecular complexity index is 1080. The zero-order chi connectivity index (χ0) is 20.1. The smallest absolute Gasteiger partial charge is 0.263 e. The number of carbonyl (C=O) groups is 1. The van der Waals surface area contributed by atoms with E-state index in [1.54, 1.807) is 12.1 Å². The predicted molar refractivity (Wildman–Crippen MR) is 105 cm³/mol. The molecule has 2 aromatic carbocycles. The summed E-state index contributed by atoms with van der Waals surface area (Å²) in [5, 5.41) is 2.73. The summed E-state index contributed by atoms with van der Waals surface area (Å²) in [6.45, 7) is 1.94. The number of nitrogens with one attached hydrogen (secondary N) is 2. The predicted octanol–water partition coefficient (Wildman–Crippen LogP) is 2.85. The van der Waals surface area contributed by atoms with Crippen molar-refractivity contribution in [1.82, 2.24) is 9.97 Å². The molecule has 1 heterocycles. The van der Waals surface area contributed by atoms with Gasteiger partial charge in [0.2, 0.25) is 5.82 Å². The summed E-state index contributed by atoms with van der Waals surface area (Å²) in [5.41, 5.74) is 2.04. The summed E-state index contributed by atoms with van der Waals surface area (Å²) in [5.74, 6) is -0.229. The monoisotopic (exact) mass is 398 g/mol. The molecule has 0 radical (unpaired) electrons. The van der Waals surface area contributed by atoms with Gasteiger partial charge in [-0.1, -0.05) is 17.7 Å². The largest absolute Gasteiger partial charge is 0.478 e. The van der Waals surface area contributed by atoms with Crippen molar-refractivity contribution in [1.29, 1.82) is 0 Å². The fourth-order valence-electron chi connectivity index (χ4n) is 2.36. The molecule has 0 bridgehead atoms. The molecule has 144 valence electrons. The highest BCUT2D eigenvalue weighted by Crippen LogP contribution is 2.22. The van der Waals surface area contributed by atoms with Gasteiger partial charge in [0.05, 0.1) is 12.0 Å². The van der Waals surface area contributed by atoms with Gasteiger partial charge in [0.1, 0.15) is 0 Å². The highest BCUT2D eigenvalue weighted by atomic mass is 32.2. The van der Waals surface area contributed by atoms with E-state index in [9.17, 15) is 13.2 Å². The maximum Gasteiger partial charge on any atom is 0.263 e. The molecule has 2 N–H and O–H groups in total. The minimum Gasteiger partial charge on any atom is -0.478 e. The second kappa shape index (κ2) is 8.05. The van der Waals surface area contributed by atoms with E-state index in [1.165, 1.54) is 43.8 Å². The number of amides is 1. The van der Waals surface area contributed by atoms with E-state index in [4.69, 9.17) is 4.74 Å². The van der Waals surface area contributed by atoms with E-state index < -0.39 is 10.0 Å². The van der Waals surface area contributed by atoms with Crippen LogP contribution in [0.3, 0.4) is 0 Å². The number of rotatable bonds is 6. The quantitative estimate of drug-likeness (QED) is 0.661. The fraction of sp³-hybridized carbons (Fsp3) is 0.105. The number of carbonyl (C=O) groups excluding carboxylic acids is 1. The first-order chi connectivity index (χ1) is 13.4. The Balaban J connectivity index is 1.74. The third-order valence-corrected chi connectivity index (χ3v) is 5.18. The Morgan fingerprint density at radius 1 is 0.964 bits per heavy atom. The Hall–Kier alpha value is -3.46. The highest BCUT2D eigenvalue weighted by molar-refractivity contribution is 7.92. The molecule has 0 atom stereocenters. The number of aryl methyl sites for hydroxylation is 1. The van der Waals surface area contributed by atoms with Crippen molar-refractivity contribution >= 4 is 27.4 Å². The van der Waals surface area contributed by atoms with Crippen LogP contribution in [0.25, 0.3) is 0 Å². The number of benzene rings is 2. The van der Waals surface area contributed by atoms with Crippen LogP contribution in [-0.2, 0) is 10.0 Å². The van der Waals surface area contributed by atoms with Crippen molar-refractivity contribution in [3.63, 3.8) is 0 Å². The molecule has 1 amide bonds. The van der Waals surface area contributed by atoms with E-state index in [0.29, 0.717) is 11.3 Å². The molecule has 0 unspecified atom stereocenters. The van der Waals surface area contributed by atoms with Gasteiger partial charge in [-0.2, -0.15) is 0 Å². The van der Waals surface area contributed by atoms with Crippen molar-refractivity contribution < 1.29 is 17.9 Å².